The number of aryl methyl sites for hydroxylation is 1. The number of hydrogen-bond acceptors (Lipinski definition) is 8. The van der Waals surface area contributed by atoms with Gasteiger partial charge in [0.25, 0.3) is 0 Å². The maximum Gasteiger partial charge on any atom is 0.358 e. The molecule has 3 rings (SSSR count). The summed E-state index contributed by atoms with van der Waals surface area (Å²) in [5.74, 6) is 0.274. The average Bonchev–Trinajstić information content (AvgIpc) is 3.06. The summed E-state index contributed by atoms with van der Waals surface area (Å²) in [6.45, 7) is 8.20. The van der Waals surface area contributed by atoms with Gasteiger partial charge in [0.2, 0.25) is 5.95 Å². The van der Waals surface area contributed by atoms with E-state index in [1.165, 1.54) is 0 Å². The number of nitrogens with one attached hydrogen (secondary N) is 1. The topological polar surface area (TPSA) is 118 Å². The third-order valence-corrected chi connectivity index (χ3v) is 4.86. The van der Waals surface area contributed by atoms with Gasteiger partial charge in [-0.3, -0.25) is 4.68 Å². The summed E-state index contributed by atoms with van der Waals surface area (Å²) < 4.78 is 6.92. The zero-order chi connectivity index (χ0) is 22.0. The molecule has 3 heterocycles. The second kappa shape index (κ2) is 8.62. The normalized spacial score (nSPS) is 12.4. The fraction of sp³-hybridized carbons (Fsp3) is 0.450. The van der Waals surface area contributed by atoms with Crippen molar-refractivity contribution in [3.63, 3.8) is 0 Å². The van der Waals surface area contributed by atoms with Crippen LogP contribution >= 0.6 is 0 Å². The Balaban J connectivity index is 2.26. The smallest absolute Gasteiger partial charge is 0.358 e. The highest BCUT2D eigenvalue weighted by Crippen LogP contribution is 2.29. The second-order valence-corrected chi connectivity index (χ2v) is 7.50. The highest BCUT2D eigenvalue weighted by atomic mass is 16.5. The first-order valence-electron chi connectivity index (χ1n) is 9.68. The van der Waals surface area contributed by atoms with E-state index in [1.807, 2.05) is 51.8 Å². The first-order chi connectivity index (χ1) is 14.2. The molecule has 10 heteroatoms. The molecule has 3 aromatic heterocycles. The summed E-state index contributed by atoms with van der Waals surface area (Å²) >= 11 is 0. The molecule has 0 saturated heterocycles. The number of fused-ring (bicyclic) bond motifs is 1. The Hall–Kier alpha value is -3.27. The van der Waals surface area contributed by atoms with Crippen molar-refractivity contribution in [1.82, 2.24) is 24.7 Å². The van der Waals surface area contributed by atoms with Crippen molar-refractivity contribution in [2.45, 2.75) is 46.4 Å². The van der Waals surface area contributed by atoms with Gasteiger partial charge in [-0.15, -0.1) is 0 Å². The molecule has 0 aliphatic heterocycles. The van der Waals surface area contributed by atoms with Crippen molar-refractivity contribution < 1.29 is 14.6 Å². The number of carboxylic acid groups (broad SMARTS) is 1. The summed E-state index contributed by atoms with van der Waals surface area (Å²) in [6.07, 6.45) is 1.52. The molecule has 0 amide bonds. The van der Waals surface area contributed by atoms with Crippen LogP contribution in [0.3, 0.4) is 0 Å². The van der Waals surface area contributed by atoms with Gasteiger partial charge in [-0.1, -0.05) is 0 Å². The van der Waals surface area contributed by atoms with Gasteiger partial charge in [0.05, 0.1) is 12.6 Å². The molecular weight excluding hydrogens is 386 g/mol. The lowest BCUT2D eigenvalue weighted by Gasteiger charge is -2.22. The molecule has 0 aliphatic carbocycles. The molecule has 0 spiro atoms. The summed E-state index contributed by atoms with van der Waals surface area (Å²) in [6, 6.07) is 3.89. The minimum Gasteiger partial charge on any atom is -0.476 e. The van der Waals surface area contributed by atoms with Crippen molar-refractivity contribution in [2.24, 2.45) is 0 Å². The van der Waals surface area contributed by atoms with E-state index in [-0.39, 0.29) is 23.4 Å². The molecule has 30 heavy (non-hydrogen) atoms. The quantitative estimate of drug-likeness (QED) is 0.574. The number of pyridine rings is 1. The van der Waals surface area contributed by atoms with Crippen LogP contribution < -0.4 is 10.2 Å². The third kappa shape index (κ3) is 4.33. The first-order valence-corrected chi connectivity index (χ1v) is 9.68. The number of aromatic carboxylic acids is 1. The molecule has 0 aliphatic rings. The fourth-order valence-electron chi connectivity index (χ4n) is 2.87. The van der Waals surface area contributed by atoms with Crippen molar-refractivity contribution in [2.75, 3.05) is 24.4 Å². The van der Waals surface area contributed by atoms with E-state index in [9.17, 15) is 9.90 Å². The van der Waals surface area contributed by atoms with E-state index in [4.69, 9.17) is 4.74 Å². The third-order valence-electron chi connectivity index (χ3n) is 4.86. The molecule has 0 unspecified atom stereocenters. The zero-order valence-corrected chi connectivity index (χ0v) is 18.0. The van der Waals surface area contributed by atoms with E-state index in [0.29, 0.717) is 29.6 Å². The fourth-order valence-corrected chi connectivity index (χ4v) is 2.87. The Morgan fingerprint density at radius 2 is 2.07 bits per heavy atom. The average molecular weight is 413 g/mol. The molecule has 1 atom stereocenters. The summed E-state index contributed by atoms with van der Waals surface area (Å²) in [4.78, 5) is 27.3. The molecule has 0 aromatic carbocycles. The largest absolute Gasteiger partial charge is 0.476 e. The minimum atomic E-state index is -1.15. The Morgan fingerprint density at radius 3 is 2.67 bits per heavy atom. The van der Waals surface area contributed by atoms with Crippen molar-refractivity contribution in [3.05, 3.63) is 29.6 Å². The van der Waals surface area contributed by atoms with Crippen LogP contribution in [0.1, 0.15) is 36.8 Å². The molecule has 10 nitrogen and oxygen atoms in total. The number of rotatable bonds is 8. The first kappa shape index (κ1) is 21.4. The molecule has 2 N–H and O–H groups in total. The zero-order valence-electron chi connectivity index (χ0n) is 18.0. The van der Waals surface area contributed by atoms with Crippen molar-refractivity contribution in [3.8, 4) is 0 Å². The summed E-state index contributed by atoms with van der Waals surface area (Å²) in [5.41, 5.74) is 1.65. The maximum absolute atomic E-state index is 11.9. The Morgan fingerprint density at radius 1 is 1.33 bits per heavy atom. The predicted molar refractivity (Wildman–Crippen MR) is 115 cm³/mol. The number of carbonyl (C=O) groups is 1. The van der Waals surface area contributed by atoms with Crippen LogP contribution in [0.5, 0.6) is 0 Å². The number of hydrogen-bond donors (Lipinski definition) is 2. The number of aromatic nitrogens is 5. The molecule has 0 saturated carbocycles. The van der Waals surface area contributed by atoms with Gasteiger partial charge in [0.15, 0.2) is 11.5 Å². The maximum atomic E-state index is 11.9. The van der Waals surface area contributed by atoms with E-state index in [2.05, 4.69) is 25.4 Å². The van der Waals surface area contributed by atoms with Crippen molar-refractivity contribution >= 4 is 34.6 Å². The molecule has 0 fully saturated rings. The second-order valence-electron chi connectivity index (χ2n) is 7.50. The summed E-state index contributed by atoms with van der Waals surface area (Å²) in [5, 5.41) is 17.2. The Kier molecular flexibility index (Phi) is 6.16. The van der Waals surface area contributed by atoms with E-state index in [1.54, 1.807) is 18.0 Å². The monoisotopic (exact) mass is 413 g/mol. The number of anilines is 3. The van der Waals surface area contributed by atoms with Gasteiger partial charge in [-0.25, -0.2) is 14.8 Å². The lowest BCUT2D eigenvalue weighted by molar-refractivity contribution is 0.0688. The van der Waals surface area contributed by atoms with Crippen LogP contribution in [0, 0.1) is 6.92 Å². The van der Waals surface area contributed by atoms with Gasteiger partial charge in [0, 0.05) is 26.4 Å². The Labute approximate surface area is 174 Å². The SMILES string of the molecule is CO[C@@H](C)Cn1nc(C(=O)O)c2nc(N(C)C(C)C)nc(Nc3cc(C)ccn3)c21. The van der Waals surface area contributed by atoms with Crippen LogP contribution in [-0.2, 0) is 11.3 Å². The lowest BCUT2D eigenvalue weighted by atomic mass is 10.3. The van der Waals surface area contributed by atoms with Gasteiger partial charge in [0.1, 0.15) is 16.9 Å². The van der Waals surface area contributed by atoms with Gasteiger partial charge in [-0.05, 0) is 45.4 Å². The number of carboxylic acids is 1. The van der Waals surface area contributed by atoms with Crippen LogP contribution in [0.2, 0.25) is 0 Å². The number of nitrogens with zero attached hydrogens (tertiary/aromatic N) is 6. The van der Waals surface area contributed by atoms with Gasteiger partial charge < -0.3 is 20.1 Å². The predicted octanol–water partition coefficient (Wildman–Crippen LogP) is 2.85. The number of ether oxygens (including phenoxy) is 1. The minimum absolute atomic E-state index is 0.115. The lowest BCUT2D eigenvalue weighted by Crippen LogP contribution is -2.28. The molecule has 3 aromatic rings. The highest BCUT2D eigenvalue weighted by molar-refractivity contribution is 6.03. The molecule has 160 valence electrons. The Bertz CT molecular complexity index is 1060. The van der Waals surface area contributed by atoms with Crippen molar-refractivity contribution in [1.29, 1.82) is 0 Å². The molecular formula is C20H27N7O3. The van der Waals surface area contributed by atoms with E-state index < -0.39 is 5.97 Å². The van der Waals surface area contributed by atoms with E-state index >= 15 is 0 Å². The van der Waals surface area contributed by atoms with Gasteiger partial charge in [-0.2, -0.15) is 10.1 Å². The van der Waals surface area contributed by atoms with Crippen LogP contribution in [0.25, 0.3) is 11.0 Å². The summed E-state index contributed by atoms with van der Waals surface area (Å²) in [7, 11) is 3.45. The highest BCUT2D eigenvalue weighted by Gasteiger charge is 2.25. The standard InChI is InChI=1S/C20H27N7O3/c1-11(2)26(5)20-23-15-16(19(28)29)25-27(10-13(4)30-6)17(15)18(24-20)22-14-9-12(3)7-8-21-14/h7-9,11,13H,10H2,1-6H3,(H,28,29)(H,21,22,23,24)/t13-/m0/s1. The van der Waals surface area contributed by atoms with Crippen LogP contribution in [0.4, 0.5) is 17.6 Å². The van der Waals surface area contributed by atoms with E-state index in [0.717, 1.165) is 5.56 Å². The molecule has 0 radical (unpaired) electrons. The molecule has 0 bridgehead atoms. The van der Waals surface area contributed by atoms with Crippen LogP contribution in [-0.4, -0.2) is 62.1 Å². The van der Waals surface area contributed by atoms with Crippen LogP contribution in [0.15, 0.2) is 18.3 Å². The van der Waals surface area contributed by atoms with Gasteiger partial charge >= 0.3 is 5.97 Å². The number of methoxy groups -OCH3 is 1.